The van der Waals surface area contributed by atoms with Crippen LogP contribution in [-0.2, 0) is 23.9 Å². The summed E-state index contributed by atoms with van der Waals surface area (Å²) in [6.07, 6.45) is -0.0699. The van der Waals surface area contributed by atoms with Gasteiger partial charge in [-0.1, -0.05) is 19.9 Å². The lowest BCUT2D eigenvalue weighted by atomic mass is 9.87. The molecule has 0 radical (unpaired) electrons. The van der Waals surface area contributed by atoms with Crippen LogP contribution in [0.4, 0.5) is 4.79 Å². The van der Waals surface area contributed by atoms with Crippen molar-refractivity contribution in [2.45, 2.75) is 77.9 Å². The highest BCUT2D eigenvalue weighted by atomic mass is 16.7. The van der Waals surface area contributed by atoms with E-state index in [0.717, 1.165) is 0 Å². The smallest absolute Gasteiger partial charge is 0.480 e. The van der Waals surface area contributed by atoms with Crippen LogP contribution in [0.5, 0.6) is 11.5 Å². The highest BCUT2D eigenvalue weighted by Gasteiger charge is 2.30. The Morgan fingerprint density at radius 3 is 2.06 bits per heavy atom. The number of aliphatic carboxylic acids is 1. The fourth-order valence-corrected chi connectivity index (χ4v) is 3.06. The SMILES string of the molecule is CCCC(=O)Oc1ccc(C(CC(C)OC(=O)OCC)[C@H](N)C(=O)O)cc1OC(=O)CCC. The van der Waals surface area contributed by atoms with E-state index in [1.165, 1.54) is 18.2 Å². The number of carbonyl (C=O) groups is 4. The van der Waals surface area contributed by atoms with Gasteiger partial charge in [0.25, 0.3) is 0 Å². The third-order valence-corrected chi connectivity index (χ3v) is 4.62. The lowest BCUT2D eigenvalue weighted by molar-refractivity contribution is -0.139. The van der Waals surface area contributed by atoms with E-state index in [1.54, 1.807) is 13.8 Å². The van der Waals surface area contributed by atoms with E-state index in [9.17, 15) is 24.3 Å². The van der Waals surface area contributed by atoms with Gasteiger partial charge in [0.15, 0.2) is 11.5 Å². The van der Waals surface area contributed by atoms with E-state index < -0.39 is 42.1 Å². The van der Waals surface area contributed by atoms with E-state index in [1.807, 2.05) is 13.8 Å². The van der Waals surface area contributed by atoms with Crippen LogP contribution >= 0.6 is 0 Å². The topological polar surface area (TPSA) is 151 Å². The molecule has 0 bridgehead atoms. The average Bonchev–Trinajstić information content (AvgIpc) is 2.73. The zero-order valence-electron chi connectivity index (χ0n) is 19.5. The second-order valence-corrected chi connectivity index (χ2v) is 7.47. The third kappa shape index (κ3) is 9.48. The van der Waals surface area contributed by atoms with Crippen LogP contribution in [0.25, 0.3) is 0 Å². The van der Waals surface area contributed by atoms with Gasteiger partial charge in [0.2, 0.25) is 0 Å². The fourth-order valence-electron chi connectivity index (χ4n) is 3.06. The predicted octanol–water partition coefficient (Wildman–Crippen LogP) is 3.54. The molecule has 0 aliphatic carbocycles. The molecule has 10 heteroatoms. The number of hydrogen-bond acceptors (Lipinski definition) is 9. The average molecular weight is 468 g/mol. The van der Waals surface area contributed by atoms with Crippen LogP contribution in [0.2, 0.25) is 0 Å². The summed E-state index contributed by atoms with van der Waals surface area (Å²) < 4.78 is 20.6. The molecule has 1 aromatic carbocycles. The number of benzene rings is 1. The summed E-state index contributed by atoms with van der Waals surface area (Å²) in [5.74, 6) is -3.06. The molecule has 0 spiro atoms. The Morgan fingerprint density at radius 2 is 1.55 bits per heavy atom. The molecule has 10 nitrogen and oxygen atoms in total. The van der Waals surface area contributed by atoms with Gasteiger partial charge < -0.3 is 29.8 Å². The van der Waals surface area contributed by atoms with Gasteiger partial charge >= 0.3 is 24.1 Å². The van der Waals surface area contributed by atoms with E-state index in [-0.39, 0.29) is 37.4 Å². The molecule has 0 fully saturated rings. The summed E-state index contributed by atoms with van der Waals surface area (Å²) in [6, 6.07) is 3.05. The number of nitrogens with two attached hydrogens (primary N) is 1. The zero-order chi connectivity index (χ0) is 25.0. The second-order valence-electron chi connectivity index (χ2n) is 7.47. The van der Waals surface area contributed by atoms with Gasteiger partial charge in [-0.05, 0) is 50.8 Å². The van der Waals surface area contributed by atoms with Crippen LogP contribution in [0.15, 0.2) is 18.2 Å². The number of rotatable bonds is 13. The van der Waals surface area contributed by atoms with Crippen LogP contribution in [0.1, 0.15) is 71.3 Å². The summed E-state index contributed by atoms with van der Waals surface area (Å²) >= 11 is 0. The Bertz CT molecular complexity index is 824. The first-order chi connectivity index (χ1) is 15.6. The molecule has 3 N–H and O–H groups in total. The molecule has 0 aliphatic rings. The quantitative estimate of drug-likeness (QED) is 0.325. The number of ether oxygens (including phenoxy) is 4. The maximum Gasteiger partial charge on any atom is 0.508 e. The Labute approximate surface area is 193 Å². The van der Waals surface area contributed by atoms with Crippen molar-refractivity contribution in [1.29, 1.82) is 0 Å². The minimum Gasteiger partial charge on any atom is -0.480 e. The van der Waals surface area contributed by atoms with E-state index in [4.69, 9.17) is 24.7 Å². The Kier molecular flexibility index (Phi) is 11.9. The van der Waals surface area contributed by atoms with Gasteiger partial charge in [0, 0.05) is 18.8 Å². The maximum atomic E-state index is 12.1. The molecular formula is C23H33NO9. The molecule has 0 saturated heterocycles. The monoisotopic (exact) mass is 467 g/mol. The highest BCUT2D eigenvalue weighted by Crippen LogP contribution is 2.35. The van der Waals surface area contributed by atoms with Crippen molar-refractivity contribution in [2.24, 2.45) is 5.73 Å². The molecule has 1 aromatic rings. The van der Waals surface area contributed by atoms with Crippen molar-refractivity contribution in [1.82, 2.24) is 0 Å². The summed E-state index contributed by atoms with van der Waals surface area (Å²) in [5, 5.41) is 9.50. The Balaban J connectivity index is 3.29. The minimum atomic E-state index is -1.34. The van der Waals surface area contributed by atoms with E-state index in [2.05, 4.69) is 0 Å². The van der Waals surface area contributed by atoms with Gasteiger partial charge in [-0.25, -0.2) is 4.79 Å². The summed E-state index contributed by atoms with van der Waals surface area (Å²) in [6.45, 7) is 6.98. The van der Waals surface area contributed by atoms with Crippen LogP contribution in [-0.4, -0.2) is 47.9 Å². The van der Waals surface area contributed by atoms with Crippen molar-refractivity contribution >= 4 is 24.1 Å². The number of carboxylic acids is 1. The lowest BCUT2D eigenvalue weighted by Crippen LogP contribution is -2.38. The first kappa shape index (κ1) is 27.9. The van der Waals surface area contributed by atoms with Gasteiger partial charge in [-0.2, -0.15) is 0 Å². The highest BCUT2D eigenvalue weighted by molar-refractivity contribution is 5.77. The van der Waals surface area contributed by atoms with E-state index in [0.29, 0.717) is 18.4 Å². The summed E-state index contributed by atoms with van der Waals surface area (Å²) in [4.78, 5) is 47.3. The van der Waals surface area contributed by atoms with Gasteiger partial charge in [-0.15, -0.1) is 0 Å². The fraction of sp³-hybridized carbons (Fsp3) is 0.565. The van der Waals surface area contributed by atoms with Gasteiger partial charge in [-0.3, -0.25) is 14.4 Å². The Morgan fingerprint density at radius 1 is 0.970 bits per heavy atom. The molecule has 3 atom stereocenters. The second kappa shape index (κ2) is 14.1. The number of esters is 2. The third-order valence-electron chi connectivity index (χ3n) is 4.62. The van der Waals surface area contributed by atoms with Crippen molar-refractivity contribution in [3.8, 4) is 11.5 Å². The van der Waals surface area contributed by atoms with Gasteiger partial charge in [0.1, 0.15) is 12.1 Å². The molecule has 33 heavy (non-hydrogen) atoms. The molecule has 2 unspecified atom stereocenters. The summed E-state index contributed by atoms with van der Waals surface area (Å²) in [5.41, 5.74) is 6.34. The number of carboxylic acid groups (broad SMARTS) is 1. The molecule has 184 valence electrons. The van der Waals surface area contributed by atoms with Crippen molar-refractivity contribution < 1.29 is 43.2 Å². The number of carbonyl (C=O) groups excluding carboxylic acids is 3. The molecule has 0 aromatic heterocycles. The molecule has 0 heterocycles. The standard InChI is InChI=1S/C23H33NO9/c1-5-8-19(25)32-17-11-10-15(13-18(17)33-20(26)9-6-2)16(21(24)22(27)28)12-14(4)31-23(29)30-7-3/h10-11,13-14,16,21H,5-9,12,24H2,1-4H3,(H,27,28)/t14?,16?,21-/m0/s1. The molecule has 0 saturated carbocycles. The van der Waals surface area contributed by atoms with Gasteiger partial charge in [0.05, 0.1) is 6.61 Å². The van der Waals surface area contributed by atoms with E-state index >= 15 is 0 Å². The van der Waals surface area contributed by atoms with Crippen LogP contribution < -0.4 is 15.2 Å². The van der Waals surface area contributed by atoms with Crippen molar-refractivity contribution in [2.75, 3.05) is 6.61 Å². The van der Waals surface area contributed by atoms with Crippen LogP contribution in [0.3, 0.4) is 0 Å². The lowest BCUT2D eigenvalue weighted by Gasteiger charge is -2.25. The molecule has 1 rings (SSSR count). The maximum absolute atomic E-state index is 12.1. The number of hydrogen-bond donors (Lipinski definition) is 2. The van der Waals surface area contributed by atoms with Crippen LogP contribution in [0, 0.1) is 0 Å². The largest absolute Gasteiger partial charge is 0.508 e. The molecule has 0 aliphatic heterocycles. The minimum absolute atomic E-state index is 0.0167. The first-order valence-electron chi connectivity index (χ1n) is 11.0. The van der Waals surface area contributed by atoms with Crippen molar-refractivity contribution in [3.05, 3.63) is 23.8 Å². The van der Waals surface area contributed by atoms with Crippen molar-refractivity contribution in [3.63, 3.8) is 0 Å². The predicted molar refractivity (Wildman–Crippen MR) is 118 cm³/mol. The first-order valence-corrected chi connectivity index (χ1v) is 11.0. The molecular weight excluding hydrogens is 434 g/mol. The zero-order valence-corrected chi connectivity index (χ0v) is 19.5. The molecule has 0 amide bonds. The normalized spacial score (nSPS) is 13.4. The summed E-state index contributed by atoms with van der Waals surface area (Å²) in [7, 11) is 0. The Hall–Kier alpha value is -3.14.